The Morgan fingerprint density at radius 3 is 2.19 bits per heavy atom. The van der Waals surface area contributed by atoms with Crippen molar-refractivity contribution in [3.8, 4) is 0 Å². The van der Waals surface area contributed by atoms with Crippen LogP contribution in [-0.4, -0.2) is 59.3 Å². The van der Waals surface area contributed by atoms with E-state index in [1.165, 1.54) is 23.9 Å². The highest BCUT2D eigenvalue weighted by Gasteiger charge is 2.27. The summed E-state index contributed by atoms with van der Waals surface area (Å²) >= 11 is 1.53. The van der Waals surface area contributed by atoms with E-state index in [1.54, 1.807) is 21.9 Å². The fraction of sp³-hybridized carbons (Fsp3) is 0.579. The molecule has 1 unspecified atom stereocenters. The SMILES string of the molecule is CC(SCC(=O)N1CCN(C(=O)OC(C)(C)C)CC1)c1ccc(F)cc1. The first-order valence-corrected chi connectivity index (χ1v) is 9.83. The average Bonchev–Trinajstić information content (AvgIpc) is 2.58. The van der Waals surface area contributed by atoms with Gasteiger partial charge in [0, 0.05) is 31.4 Å². The normalized spacial score (nSPS) is 16.3. The predicted octanol–water partition coefficient (Wildman–Crippen LogP) is 3.70. The van der Waals surface area contributed by atoms with Gasteiger partial charge in [-0.1, -0.05) is 12.1 Å². The number of carbonyl (C=O) groups excluding carboxylic acids is 2. The second-order valence-electron chi connectivity index (χ2n) is 7.35. The van der Waals surface area contributed by atoms with Crippen LogP contribution < -0.4 is 0 Å². The maximum Gasteiger partial charge on any atom is 0.410 e. The topological polar surface area (TPSA) is 49.9 Å². The van der Waals surface area contributed by atoms with Crippen molar-refractivity contribution in [1.82, 2.24) is 9.80 Å². The number of nitrogens with zero attached hydrogens (tertiary/aromatic N) is 2. The minimum absolute atomic E-state index is 0.0628. The van der Waals surface area contributed by atoms with Gasteiger partial charge in [-0.25, -0.2) is 9.18 Å². The minimum Gasteiger partial charge on any atom is -0.444 e. The lowest BCUT2D eigenvalue weighted by Gasteiger charge is -2.35. The molecule has 0 saturated carbocycles. The van der Waals surface area contributed by atoms with Crippen molar-refractivity contribution in [2.45, 2.75) is 38.5 Å². The van der Waals surface area contributed by atoms with Crippen LogP contribution in [0.5, 0.6) is 0 Å². The van der Waals surface area contributed by atoms with Crippen molar-refractivity contribution in [1.29, 1.82) is 0 Å². The lowest BCUT2D eigenvalue weighted by Crippen LogP contribution is -2.52. The number of halogens is 1. The van der Waals surface area contributed by atoms with Crippen LogP contribution in [0.1, 0.15) is 38.5 Å². The second kappa shape index (κ2) is 8.75. The molecule has 1 fully saturated rings. The van der Waals surface area contributed by atoms with E-state index in [1.807, 2.05) is 27.7 Å². The van der Waals surface area contributed by atoms with Crippen LogP contribution in [0.2, 0.25) is 0 Å². The monoisotopic (exact) mass is 382 g/mol. The molecule has 5 nitrogen and oxygen atoms in total. The summed E-state index contributed by atoms with van der Waals surface area (Å²) in [5.41, 5.74) is 0.482. The van der Waals surface area contributed by atoms with Crippen molar-refractivity contribution < 1.29 is 18.7 Å². The molecule has 7 heteroatoms. The number of amides is 2. The molecule has 144 valence electrons. The molecule has 0 radical (unpaired) electrons. The molecular weight excluding hydrogens is 355 g/mol. The van der Waals surface area contributed by atoms with Crippen LogP contribution in [0.4, 0.5) is 9.18 Å². The summed E-state index contributed by atoms with van der Waals surface area (Å²) < 4.78 is 18.3. The smallest absolute Gasteiger partial charge is 0.410 e. The summed E-state index contributed by atoms with van der Waals surface area (Å²) in [5.74, 6) is 0.169. The Hall–Kier alpha value is -1.76. The van der Waals surface area contributed by atoms with Crippen LogP contribution in [-0.2, 0) is 9.53 Å². The van der Waals surface area contributed by atoms with Crippen LogP contribution in [0.3, 0.4) is 0 Å². The van der Waals surface area contributed by atoms with Crippen molar-refractivity contribution in [2.75, 3.05) is 31.9 Å². The van der Waals surface area contributed by atoms with E-state index in [9.17, 15) is 14.0 Å². The van der Waals surface area contributed by atoms with Gasteiger partial charge in [0.15, 0.2) is 0 Å². The van der Waals surface area contributed by atoms with Gasteiger partial charge in [-0.05, 0) is 45.4 Å². The molecule has 2 rings (SSSR count). The summed E-state index contributed by atoms with van der Waals surface area (Å²) in [6, 6.07) is 6.36. The Morgan fingerprint density at radius 1 is 1.12 bits per heavy atom. The zero-order valence-corrected chi connectivity index (χ0v) is 16.6. The number of hydrogen-bond acceptors (Lipinski definition) is 4. The summed E-state index contributed by atoms with van der Waals surface area (Å²) in [6.07, 6.45) is -0.330. The van der Waals surface area contributed by atoms with E-state index in [2.05, 4.69) is 0 Å². The quantitative estimate of drug-likeness (QED) is 0.797. The first-order chi connectivity index (χ1) is 12.2. The van der Waals surface area contributed by atoms with Crippen LogP contribution in [0, 0.1) is 5.82 Å². The number of rotatable bonds is 4. The van der Waals surface area contributed by atoms with Crippen molar-refractivity contribution in [3.05, 3.63) is 35.6 Å². The summed E-state index contributed by atoms with van der Waals surface area (Å²) in [4.78, 5) is 27.9. The highest BCUT2D eigenvalue weighted by atomic mass is 32.2. The van der Waals surface area contributed by atoms with Crippen LogP contribution in [0.25, 0.3) is 0 Å². The Labute approximate surface area is 158 Å². The molecule has 0 aliphatic carbocycles. The van der Waals surface area contributed by atoms with Crippen LogP contribution >= 0.6 is 11.8 Å². The molecule has 1 aromatic carbocycles. The van der Waals surface area contributed by atoms with E-state index >= 15 is 0 Å². The molecule has 2 amide bonds. The molecule has 0 N–H and O–H groups in total. The van der Waals surface area contributed by atoms with E-state index < -0.39 is 5.60 Å². The standard InChI is InChI=1S/C19H27FN2O3S/c1-14(15-5-7-16(20)8-6-15)26-13-17(23)21-9-11-22(12-10-21)18(24)25-19(2,3)4/h5-8,14H,9-13H2,1-4H3. The van der Waals surface area contributed by atoms with Crippen LogP contribution in [0.15, 0.2) is 24.3 Å². The molecule has 1 aliphatic heterocycles. The lowest BCUT2D eigenvalue weighted by atomic mass is 10.2. The van der Waals surface area contributed by atoms with Gasteiger partial charge in [-0.2, -0.15) is 0 Å². The van der Waals surface area contributed by atoms with Crippen molar-refractivity contribution in [2.24, 2.45) is 0 Å². The number of piperazine rings is 1. The molecule has 0 bridgehead atoms. The third-order valence-corrected chi connectivity index (χ3v) is 5.27. The van der Waals surface area contributed by atoms with E-state index in [4.69, 9.17) is 4.74 Å². The maximum absolute atomic E-state index is 13.0. The zero-order chi connectivity index (χ0) is 19.3. The molecule has 1 saturated heterocycles. The molecular formula is C19H27FN2O3S. The molecule has 1 heterocycles. The third kappa shape index (κ3) is 6.20. The van der Waals surface area contributed by atoms with Gasteiger partial charge in [0.1, 0.15) is 11.4 Å². The van der Waals surface area contributed by atoms with Gasteiger partial charge in [-0.3, -0.25) is 4.79 Å². The lowest BCUT2D eigenvalue weighted by molar-refractivity contribution is -0.130. The third-order valence-electron chi connectivity index (χ3n) is 4.08. The largest absolute Gasteiger partial charge is 0.444 e. The second-order valence-corrected chi connectivity index (χ2v) is 8.68. The molecule has 0 aromatic heterocycles. The Morgan fingerprint density at radius 2 is 1.65 bits per heavy atom. The van der Waals surface area contributed by atoms with Gasteiger partial charge in [0.05, 0.1) is 5.75 Å². The number of hydrogen-bond donors (Lipinski definition) is 0. The molecule has 1 atom stereocenters. The molecule has 1 aromatic rings. The number of carbonyl (C=O) groups is 2. The Kier molecular flexibility index (Phi) is 6.92. The van der Waals surface area contributed by atoms with Gasteiger partial charge in [0.2, 0.25) is 5.91 Å². The fourth-order valence-corrected chi connectivity index (χ4v) is 3.51. The fourth-order valence-electron chi connectivity index (χ4n) is 2.58. The van der Waals surface area contributed by atoms with Gasteiger partial charge >= 0.3 is 6.09 Å². The highest BCUT2D eigenvalue weighted by molar-refractivity contribution is 8.00. The Bertz CT molecular complexity index is 623. The average molecular weight is 383 g/mol. The Balaban J connectivity index is 1.76. The summed E-state index contributed by atoms with van der Waals surface area (Å²) in [7, 11) is 0. The molecule has 26 heavy (non-hydrogen) atoms. The molecule has 1 aliphatic rings. The number of ether oxygens (including phenoxy) is 1. The van der Waals surface area contributed by atoms with E-state index in [0.717, 1.165) is 5.56 Å². The zero-order valence-electron chi connectivity index (χ0n) is 15.8. The first-order valence-electron chi connectivity index (χ1n) is 8.78. The van der Waals surface area contributed by atoms with E-state index in [0.29, 0.717) is 31.9 Å². The first kappa shape index (κ1) is 20.6. The number of benzene rings is 1. The summed E-state index contributed by atoms with van der Waals surface area (Å²) in [5, 5.41) is 0.114. The van der Waals surface area contributed by atoms with Gasteiger partial charge < -0.3 is 14.5 Å². The van der Waals surface area contributed by atoms with Crippen molar-refractivity contribution >= 4 is 23.8 Å². The molecule has 0 spiro atoms. The predicted molar refractivity (Wildman–Crippen MR) is 102 cm³/mol. The highest BCUT2D eigenvalue weighted by Crippen LogP contribution is 2.28. The number of thioether (sulfide) groups is 1. The van der Waals surface area contributed by atoms with Crippen molar-refractivity contribution in [3.63, 3.8) is 0 Å². The van der Waals surface area contributed by atoms with Gasteiger partial charge in [-0.15, -0.1) is 11.8 Å². The summed E-state index contributed by atoms with van der Waals surface area (Å²) in [6.45, 7) is 9.52. The van der Waals surface area contributed by atoms with Gasteiger partial charge in [0.25, 0.3) is 0 Å². The minimum atomic E-state index is -0.517. The maximum atomic E-state index is 13.0. The van der Waals surface area contributed by atoms with E-state index in [-0.39, 0.29) is 23.1 Å².